The number of para-hydroxylation sites is 2. The number of aromatic nitrogens is 2. The maximum atomic E-state index is 13.7. The predicted molar refractivity (Wildman–Crippen MR) is 122 cm³/mol. The third kappa shape index (κ3) is 3.88. The van der Waals surface area contributed by atoms with Crippen molar-refractivity contribution in [3.8, 4) is 23.0 Å². The van der Waals surface area contributed by atoms with Gasteiger partial charge in [-0.15, -0.1) is 0 Å². The minimum Gasteiger partial charge on any atom is -0.493 e. The Labute approximate surface area is 214 Å². The van der Waals surface area contributed by atoms with Gasteiger partial charge in [0, 0.05) is 37.5 Å². The van der Waals surface area contributed by atoms with Crippen LogP contribution in [0.3, 0.4) is 0 Å². The Kier molecular flexibility index (Phi) is 2.36. The molecule has 0 spiro atoms. The fourth-order valence-corrected chi connectivity index (χ4v) is 3.01. The molecule has 0 aliphatic carbocycles. The van der Waals surface area contributed by atoms with Crippen molar-refractivity contribution in [3.63, 3.8) is 0 Å². The number of anilines is 2. The van der Waals surface area contributed by atoms with E-state index >= 15 is 0 Å². The van der Waals surface area contributed by atoms with Gasteiger partial charge in [0.1, 0.15) is 12.4 Å². The summed E-state index contributed by atoms with van der Waals surface area (Å²) in [7, 11) is -6.65. The fourth-order valence-electron chi connectivity index (χ4n) is 3.01. The molecule has 0 bridgehead atoms. The number of methoxy groups -OCH3 is 2. The van der Waals surface area contributed by atoms with E-state index in [0.717, 1.165) is 0 Å². The number of benzene rings is 2. The zero-order valence-electron chi connectivity index (χ0n) is 33.5. The predicted octanol–water partition coefficient (Wildman–Crippen LogP) is 1.72. The minimum absolute atomic E-state index is 0.125. The molecule has 10 nitrogen and oxygen atoms in total. The Hall–Kier alpha value is -3.95. The molecule has 1 saturated heterocycles. The molecule has 5 rings (SSSR count). The first-order valence-electron chi connectivity index (χ1n) is 17.7. The van der Waals surface area contributed by atoms with Crippen molar-refractivity contribution < 1.29 is 47.1 Å². The quantitative estimate of drug-likeness (QED) is 0.598. The van der Waals surface area contributed by atoms with E-state index in [4.69, 9.17) is 42.3 Å². The highest BCUT2D eigenvalue weighted by atomic mass is 16.6. The summed E-state index contributed by atoms with van der Waals surface area (Å²) < 4.78 is 158. The van der Waals surface area contributed by atoms with Crippen LogP contribution in [0.4, 0.5) is 11.8 Å². The maximum absolute atomic E-state index is 13.7. The zero-order valence-corrected chi connectivity index (χ0v) is 16.5. The molecule has 2 aliphatic heterocycles. The van der Waals surface area contributed by atoms with Crippen molar-refractivity contribution in [3.05, 3.63) is 36.4 Å². The Morgan fingerprint density at radius 1 is 1.24 bits per heavy atom. The molecule has 0 radical (unpaired) electrons. The number of ether oxygens (including phenoxy) is 4. The number of hydrogen-bond donors (Lipinski definition) is 1. The molecule has 0 saturated carbocycles. The van der Waals surface area contributed by atoms with Crippen LogP contribution in [-0.2, 0) is 4.79 Å². The summed E-state index contributed by atoms with van der Waals surface area (Å²) in [5.41, 5.74) is -1.03. The highest BCUT2D eigenvalue weighted by Gasteiger charge is 2.33. The van der Waals surface area contributed by atoms with E-state index in [1.165, 1.54) is 24.3 Å². The Bertz CT molecular complexity index is 1840. The number of nitrogen functional groups attached to an aromatic ring is 1. The fraction of sp³-hybridized carbons (Fsp3) is 0.348. The first-order chi connectivity index (χ1) is 22.7. The largest absolute Gasteiger partial charge is 0.493 e. The van der Waals surface area contributed by atoms with Crippen molar-refractivity contribution in [2.45, 2.75) is 6.08 Å². The van der Waals surface area contributed by atoms with Crippen molar-refractivity contribution in [1.29, 1.82) is 0 Å². The van der Waals surface area contributed by atoms with Gasteiger partial charge in [-0.2, -0.15) is 4.98 Å². The molecular formula is C23H25N5O5. The van der Waals surface area contributed by atoms with Crippen LogP contribution in [0.5, 0.6) is 23.0 Å². The van der Waals surface area contributed by atoms with E-state index in [2.05, 4.69) is 9.97 Å². The lowest BCUT2D eigenvalue weighted by Gasteiger charge is -2.37. The van der Waals surface area contributed by atoms with Crippen LogP contribution in [-0.4, -0.2) is 73.6 Å². The van der Waals surface area contributed by atoms with E-state index in [1.54, 1.807) is 0 Å². The molecule has 172 valence electrons. The molecular weight excluding hydrogens is 426 g/mol. The van der Waals surface area contributed by atoms with Gasteiger partial charge in [0.15, 0.2) is 25.8 Å². The van der Waals surface area contributed by atoms with E-state index in [1.807, 2.05) is 0 Å². The lowest BCUT2D eigenvalue weighted by Crippen LogP contribution is -2.54. The van der Waals surface area contributed by atoms with Crippen molar-refractivity contribution in [2.75, 3.05) is 57.3 Å². The highest BCUT2D eigenvalue weighted by molar-refractivity contribution is 5.91. The molecule has 1 unspecified atom stereocenters. The molecule has 1 fully saturated rings. The summed E-state index contributed by atoms with van der Waals surface area (Å²) in [6, 6.07) is 3.46. The molecule has 2 aromatic carbocycles. The van der Waals surface area contributed by atoms with Crippen molar-refractivity contribution in [2.24, 2.45) is 0 Å². The summed E-state index contributed by atoms with van der Waals surface area (Å²) in [6.45, 7) is -11.4. The molecule has 33 heavy (non-hydrogen) atoms. The van der Waals surface area contributed by atoms with Gasteiger partial charge in [-0.05, 0) is 18.2 Å². The zero-order chi connectivity index (χ0) is 37.6. The second-order valence-electron chi connectivity index (χ2n) is 6.58. The average molecular weight is 469 g/mol. The lowest BCUT2D eigenvalue weighted by molar-refractivity contribution is -0.141. The average Bonchev–Trinajstić information content (AvgIpc) is 2.94. The number of nitrogens with zero attached hydrogens (tertiary/aromatic N) is 4. The van der Waals surface area contributed by atoms with Gasteiger partial charge in [-0.3, -0.25) is 4.79 Å². The number of piperazine rings is 1. The molecule has 2 aliphatic rings. The lowest BCUT2D eigenvalue weighted by atomic mass is 10.2. The monoisotopic (exact) mass is 468 g/mol. The van der Waals surface area contributed by atoms with Gasteiger partial charge in [-0.1, -0.05) is 12.1 Å². The molecule has 2 N–H and O–H groups in total. The van der Waals surface area contributed by atoms with Gasteiger partial charge in [0.2, 0.25) is 12.0 Å². The minimum atomic E-state index is -3.34. The van der Waals surface area contributed by atoms with Gasteiger partial charge in [-0.25, -0.2) is 4.98 Å². The first kappa shape index (κ1) is 9.12. The van der Waals surface area contributed by atoms with Gasteiger partial charge >= 0.3 is 0 Å². The standard InChI is InChI=1S/C23H25N5O5/c1-30-18-11-14-15(12-19(18)31-2)25-23(26-21(14)24)28-9-7-27(8-10-28)22(29)20-13-32-16-5-3-4-6-17(16)33-20/h3-6,11-12,20H,7-10,13H2,1-2H3,(H2,24,25,26)/i1D3,2D3,9D2,10D2,11D,12D,13D2,20D/hD2. The van der Waals surface area contributed by atoms with E-state index in [0.29, 0.717) is 4.90 Å². The first-order valence-corrected chi connectivity index (χ1v) is 9.27. The topological polar surface area (TPSA) is 112 Å². The number of carbonyl (C=O) groups excluding carboxylic acids is 1. The molecule has 1 atom stereocenters. The summed E-state index contributed by atoms with van der Waals surface area (Å²) in [5.74, 6) is -5.95. The van der Waals surface area contributed by atoms with Crippen molar-refractivity contribution >= 4 is 28.6 Å². The molecule has 10 heteroatoms. The van der Waals surface area contributed by atoms with E-state index in [9.17, 15) is 4.79 Å². The second kappa shape index (κ2) is 8.53. The second-order valence-corrected chi connectivity index (χ2v) is 6.58. The SMILES string of the molecule is [2H]c1c(OC([2H])([2H])[2H])c(OC([2H])([2H])[2H])c([2H])c2c(N([2H])[2H])nc(N3C([2H])([2H])CN(C(=O)C4([2H])Oc5ccccc5OC4([2H])[2H])CC3([2H])[2H])nc12. The van der Waals surface area contributed by atoms with Gasteiger partial charge in [0.05, 0.1) is 40.2 Å². The highest BCUT2D eigenvalue weighted by Crippen LogP contribution is 2.34. The number of hydrogen-bond acceptors (Lipinski definition) is 9. The van der Waals surface area contributed by atoms with Crippen molar-refractivity contribution in [1.82, 2.24) is 14.9 Å². The van der Waals surface area contributed by atoms with Crippen LogP contribution >= 0.6 is 0 Å². The summed E-state index contributed by atoms with van der Waals surface area (Å²) >= 11 is 0. The number of rotatable bonds is 5. The summed E-state index contributed by atoms with van der Waals surface area (Å²) in [6.07, 6.45) is -3.18. The summed E-state index contributed by atoms with van der Waals surface area (Å²) in [5, 5.41) is -0.719. The Morgan fingerprint density at radius 2 is 2.00 bits per heavy atom. The van der Waals surface area contributed by atoms with Crippen LogP contribution in [0.15, 0.2) is 36.4 Å². The van der Waals surface area contributed by atoms with Gasteiger partial charge < -0.3 is 34.5 Å². The number of carbonyl (C=O) groups is 1. The van der Waals surface area contributed by atoms with Crippen LogP contribution < -0.4 is 29.6 Å². The number of nitrogens with two attached hydrogens (primary N) is 1. The van der Waals surface area contributed by atoms with E-state index < -0.39 is 105 Å². The van der Waals surface area contributed by atoms with E-state index in [-0.39, 0.29) is 22.1 Å². The number of fused-ring (bicyclic) bond motifs is 2. The van der Waals surface area contributed by atoms with Crippen LogP contribution in [0.2, 0.25) is 2.82 Å². The molecule has 3 aromatic rings. The van der Waals surface area contributed by atoms with Crippen LogP contribution in [0.25, 0.3) is 10.9 Å². The summed E-state index contributed by atoms with van der Waals surface area (Å²) in [4.78, 5) is 22.3. The Balaban J connectivity index is 1.63. The van der Waals surface area contributed by atoms with Crippen LogP contribution in [0, 0.1) is 0 Å². The maximum Gasteiger partial charge on any atom is 0.267 e. The van der Waals surface area contributed by atoms with Gasteiger partial charge in [0.25, 0.3) is 5.91 Å². The third-order valence-corrected chi connectivity index (χ3v) is 4.59. The molecule has 1 aromatic heterocycles. The molecule has 1 amide bonds. The third-order valence-electron chi connectivity index (χ3n) is 4.59. The smallest absolute Gasteiger partial charge is 0.267 e. The Morgan fingerprint density at radius 3 is 2.76 bits per heavy atom. The number of amides is 1. The van der Waals surface area contributed by atoms with Crippen LogP contribution in [0.1, 0.15) is 20.6 Å². The molecule has 3 heterocycles. The normalized spacial score (nSPS) is 32.7.